The Morgan fingerprint density at radius 2 is 1.89 bits per heavy atom. The largest absolute Gasteiger partial charge is 0.396 e. The maximum atomic E-state index is 9.52. The molecule has 1 saturated heterocycles. The number of likely N-dealkylation sites (tertiary alicyclic amines) is 1. The third kappa shape index (κ3) is 4.39. The number of hydrogen-bond donors (Lipinski definition) is 2. The van der Waals surface area contributed by atoms with Gasteiger partial charge in [-0.15, -0.1) is 0 Å². The number of nitrogens with two attached hydrogens (primary N) is 1. The third-order valence-corrected chi connectivity index (χ3v) is 8.38. The number of aliphatic hydroxyl groups is 1. The van der Waals surface area contributed by atoms with Crippen LogP contribution < -0.4 is 5.73 Å². The fraction of sp³-hybridized carbons (Fsp3) is 0.593. The fourth-order valence-corrected chi connectivity index (χ4v) is 5.88. The number of rotatable bonds is 6. The summed E-state index contributed by atoms with van der Waals surface area (Å²) in [6.07, 6.45) is 15.6. The lowest BCUT2D eigenvalue weighted by molar-refractivity contribution is 0.0842. The molecule has 9 nitrogen and oxygen atoms in total. The summed E-state index contributed by atoms with van der Waals surface area (Å²) in [6, 6.07) is 1.24. The zero-order valence-electron chi connectivity index (χ0n) is 21.1. The standard InChI is InChI=1S/C27H36N8O/c1-2-23-27(31-19-7-6-17(12-19)16-36)33-24-22(14-29-26(28)25(24)32-23)18-13-30-35(15-18)21-8-10-34(11-9-21)20-4-3-5-20/h13-15,17,20-21,36H,2-12,16H2,1H3,(H2,28,29)/b31-19+/t17-/m0/s1. The van der Waals surface area contributed by atoms with E-state index in [-0.39, 0.29) is 6.61 Å². The summed E-state index contributed by atoms with van der Waals surface area (Å²) in [5, 5.41) is 14.3. The van der Waals surface area contributed by atoms with E-state index in [0.717, 1.165) is 79.3 Å². The van der Waals surface area contributed by atoms with Crippen LogP contribution in [0, 0.1) is 5.92 Å². The number of aliphatic hydroxyl groups excluding tert-OH is 1. The van der Waals surface area contributed by atoms with E-state index in [4.69, 9.17) is 25.8 Å². The number of pyridine rings is 1. The molecule has 0 radical (unpaired) electrons. The number of nitrogens with zero attached hydrogens (tertiary/aromatic N) is 7. The van der Waals surface area contributed by atoms with Crippen molar-refractivity contribution in [1.82, 2.24) is 29.6 Å². The maximum absolute atomic E-state index is 9.52. The van der Waals surface area contributed by atoms with Gasteiger partial charge >= 0.3 is 0 Å². The summed E-state index contributed by atoms with van der Waals surface area (Å²) in [4.78, 5) is 21.9. The molecular formula is C27H36N8O. The Labute approximate surface area is 211 Å². The Bertz CT molecular complexity index is 1270. The summed E-state index contributed by atoms with van der Waals surface area (Å²) >= 11 is 0. The van der Waals surface area contributed by atoms with Crippen molar-refractivity contribution in [2.24, 2.45) is 10.9 Å². The molecule has 190 valence electrons. The monoisotopic (exact) mass is 488 g/mol. The van der Waals surface area contributed by atoms with Gasteiger partial charge in [0.05, 0.1) is 17.9 Å². The Hall–Kier alpha value is -2.91. The molecule has 0 unspecified atom stereocenters. The summed E-state index contributed by atoms with van der Waals surface area (Å²) in [5.74, 6) is 1.33. The second kappa shape index (κ2) is 9.86. The molecule has 3 aromatic heterocycles. The molecule has 3 N–H and O–H groups in total. The van der Waals surface area contributed by atoms with Crippen LogP contribution >= 0.6 is 0 Å². The van der Waals surface area contributed by atoms with E-state index in [2.05, 4.69) is 27.7 Å². The molecule has 2 aliphatic carbocycles. The van der Waals surface area contributed by atoms with E-state index < -0.39 is 0 Å². The summed E-state index contributed by atoms with van der Waals surface area (Å²) in [6.45, 7) is 4.57. The SMILES string of the molecule is CCc1nc2c(N)ncc(-c3cnn(C4CCN(C5CCC5)CC4)c3)c2nc1/N=C1\CC[C@H](CO)C1. The molecular weight excluding hydrogens is 452 g/mol. The van der Waals surface area contributed by atoms with Crippen LogP contribution in [0.25, 0.3) is 22.2 Å². The van der Waals surface area contributed by atoms with Gasteiger partial charge in [0.2, 0.25) is 0 Å². The Morgan fingerprint density at radius 3 is 2.58 bits per heavy atom. The molecule has 0 aromatic carbocycles. The lowest BCUT2D eigenvalue weighted by atomic mass is 9.89. The molecule has 1 aliphatic heterocycles. The number of fused-ring (bicyclic) bond motifs is 1. The van der Waals surface area contributed by atoms with Gasteiger partial charge in [0, 0.05) is 55.0 Å². The highest BCUT2D eigenvalue weighted by Crippen LogP contribution is 2.34. The van der Waals surface area contributed by atoms with Gasteiger partial charge in [-0.05, 0) is 57.3 Å². The fourth-order valence-electron chi connectivity index (χ4n) is 5.88. The second-order valence-corrected chi connectivity index (χ2v) is 10.6. The van der Waals surface area contributed by atoms with Crippen molar-refractivity contribution in [3.8, 4) is 11.1 Å². The van der Waals surface area contributed by atoms with E-state index in [0.29, 0.717) is 35.5 Å². The maximum Gasteiger partial charge on any atom is 0.174 e. The zero-order chi connectivity index (χ0) is 24.6. The van der Waals surface area contributed by atoms with Crippen LogP contribution in [0.3, 0.4) is 0 Å². The van der Waals surface area contributed by atoms with Gasteiger partial charge in [0.25, 0.3) is 0 Å². The first-order chi connectivity index (χ1) is 17.6. The molecule has 9 heteroatoms. The molecule has 6 rings (SSSR count). The van der Waals surface area contributed by atoms with Crippen LogP contribution in [0.5, 0.6) is 0 Å². The predicted octanol–water partition coefficient (Wildman–Crippen LogP) is 4.09. The van der Waals surface area contributed by atoms with Gasteiger partial charge in [-0.3, -0.25) is 4.68 Å². The molecule has 2 saturated carbocycles. The number of aliphatic imine (C=N–C) groups is 1. The van der Waals surface area contributed by atoms with Crippen molar-refractivity contribution < 1.29 is 5.11 Å². The van der Waals surface area contributed by atoms with E-state index in [1.165, 1.54) is 19.3 Å². The zero-order valence-corrected chi connectivity index (χ0v) is 21.1. The van der Waals surface area contributed by atoms with Crippen molar-refractivity contribution in [3.05, 3.63) is 24.3 Å². The molecule has 36 heavy (non-hydrogen) atoms. The molecule has 0 bridgehead atoms. The number of nitrogen functional groups attached to an aromatic ring is 1. The Morgan fingerprint density at radius 1 is 1.06 bits per heavy atom. The molecule has 4 heterocycles. The summed E-state index contributed by atoms with van der Waals surface area (Å²) < 4.78 is 2.12. The Balaban J connectivity index is 1.31. The number of hydrogen-bond acceptors (Lipinski definition) is 8. The van der Waals surface area contributed by atoms with Crippen molar-refractivity contribution in [2.75, 3.05) is 25.4 Å². The molecule has 0 spiro atoms. The van der Waals surface area contributed by atoms with Crippen LogP contribution in [0.4, 0.5) is 11.6 Å². The average Bonchev–Trinajstić information content (AvgIpc) is 3.53. The lowest BCUT2D eigenvalue weighted by Crippen LogP contribution is -2.45. The number of piperidine rings is 1. The number of aromatic nitrogens is 5. The van der Waals surface area contributed by atoms with Crippen LogP contribution in [0.2, 0.25) is 0 Å². The molecule has 3 aliphatic rings. The van der Waals surface area contributed by atoms with E-state index >= 15 is 0 Å². The van der Waals surface area contributed by atoms with Gasteiger partial charge in [-0.1, -0.05) is 13.3 Å². The van der Waals surface area contributed by atoms with Gasteiger partial charge in [0.1, 0.15) is 11.0 Å². The van der Waals surface area contributed by atoms with Gasteiger partial charge in [-0.2, -0.15) is 5.10 Å². The minimum Gasteiger partial charge on any atom is -0.396 e. The van der Waals surface area contributed by atoms with E-state index in [9.17, 15) is 5.11 Å². The minimum atomic E-state index is 0.207. The highest BCUT2D eigenvalue weighted by Gasteiger charge is 2.29. The topological polar surface area (TPSA) is 118 Å². The molecule has 3 fully saturated rings. The van der Waals surface area contributed by atoms with Crippen LogP contribution in [0.1, 0.15) is 70.0 Å². The first-order valence-corrected chi connectivity index (χ1v) is 13.5. The van der Waals surface area contributed by atoms with Crippen LogP contribution in [0.15, 0.2) is 23.6 Å². The van der Waals surface area contributed by atoms with Gasteiger partial charge in [-0.25, -0.2) is 19.9 Å². The van der Waals surface area contributed by atoms with Crippen molar-refractivity contribution in [2.45, 2.75) is 76.8 Å². The van der Waals surface area contributed by atoms with Crippen molar-refractivity contribution in [3.63, 3.8) is 0 Å². The van der Waals surface area contributed by atoms with Crippen molar-refractivity contribution in [1.29, 1.82) is 0 Å². The number of aryl methyl sites for hydroxylation is 1. The molecule has 1 atom stereocenters. The van der Waals surface area contributed by atoms with Gasteiger partial charge in [0.15, 0.2) is 11.6 Å². The quantitative estimate of drug-likeness (QED) is 0.536. The first kappa shape index (κ1) is 23.5. The lowest BCUT2D eigenvalue weighted by Gasteiger charge is -2.41. The van der Waals surface area contributed by atoms with Crippen molar-refractivity contribution >= 4 is 28.4 Å². The molecule has 3 aromatic rings. The number of anilines is 1. The summed E-state index contributed by atoms with van der Waals surface area (Å²) in [5.41, 5.74) is 11.4. The minimum absolute atomic E-state index is 0.207. The Kier molecular flexibility index (Phi) is 6.43. The van der Waals surface area contributed by atoms with Crippen LogP contribution in [-0.4, -0.2) is 66.2 Å². The highest BCUT2D eigenvalue weighted by molar-refractivity contribution is 5.97. The highest BCUT2D eigenvalue weighted by atomic mass is 16.3. The van der Waals surface area contributed by atoms with E-state index in [1.54, 1.807) is 6.20 Å². The van der Waals surface area contributed by atoms with Gasteiger partial charge < -0.3 is 15.7 Å². The predicted molar refractivity (Wildman–Crippen MR) is 141 cm³/mol. The molecule has 0 amide bonds. The average molecular weight is 489 g/mol. The summed E-state index contributed by atoms with van der Waals surface area (Å²) in [7, 11) is 0. The second-order valence-electron chi connectivity index (χ2n) is 10.6. The van der Waals surface area contributed by atoms with Crippen LogP contribution in [-0.2, 0) is 6.42 Å². The smallest absolute Gasteiger partial charge is 0.174 e. The van der Waals surface area contributed by atoms with E-state index in [1.807, 2.05) is 6.20 Å². The first-order valence-electron chi connectivity index (χ1n) is 13.5. The normalized spacial score (nSPS) is 23.1. The third-order valence-electron chi connectivity index (χ3n) is 8.38.